The van der Waals surface area contributed by atoms with Crippen LogP contribution in [0.1, 0.15) is 34.8 Å². The van der Waals surface area contributed by atoms with Crippen molar-refractivity contribution in [1.29, 1.82) is 0 Å². The summed E-state index contributed by atoms with van der Waals surface area (Å²) in [5, 5.41) is 2.95. The molecule has 1 saturated heterocycles. The topological polar surface area (TPSA) is 103 Å². The van der Waals surface area contributed by atoms with Crippen LogP contribution < -0.4 is 15.6 Å². The van der Waals surface area contributed by atoms with Crippen LogP contribution in [0.25, 0.3) is 11.0 Å². The molecule has 1 aromatic heterocycles. The molecule has 0 saturated carbocycles. The van der Waals surface area contributed by atoms with Gasteiger partial charge in [-0.15, -0.1) is 0 Å². The Labute approximate surface area is 209 Å². The molecule has 0 unspecified atom stereocenters. The van der Waals surface area contributed by atoms with Crippen LogP contribution in [0.15, 0.2) is 63.8 Å². The predicted octanol–water partition coefficient (Wildman–Crippen LogP) is 2.35. The van der Waals surface area contributed by atoms with E-state index in [4.69, 9.17) is 4.42 Å². The number of hydrogen-bond acceptors (Lipinski definition) is 6. The number of nitrogens with zero attached hydrogens (tertiary/aromatic N) is 3. The Morgan fingerprint density at radius 3 is 2.33 bits per heavy atom. The van der Waals surface area contributed by atoms with Crippen molar-refractivity contribution in [2.24, 2.45) is 0 Å². The first-order chi connectivity index (χ1) is 17.4. The van der Waals surface area contributed by atoms with Crippen molar-refractivity contribution in [3.63, 3.8) is 0 Å². The molecular weight excluding hydrogens is 460 g/mol. The second-order valence-electron chi connectivity index (χ2n) is 8.52. The van der Waals surface area contributed by atoms with E-state index in [2.05, 4.69) is 10.2 Å². The number of carbonyl (C=O) groups is 3. The maximum Gasteiger partial charge on any atom is 0.287 e. The Hall–Kier alpha value is -4.14. The first-order valence-corrected chi connectivity index (χ1v) is 12.1. The monoisotopic (exact) mass is 490 g/mol. The molecule has 36 heavy (non-hydrogen) atoms. The largest absolute Gasteiger partial charge is 0.451 e. The molecule has 0 bridgehead atoms. The van der Waals surface area contributed by atoms with Gasteiger partial charge in [0.1, 0.15) is 5.58 Å². The minimum Gasteiger partial charge on any atom is -0.451 e. The van der Waals surface area contributed by atoms with Crippen LogP contribution in [-0.4, -0.2) is 73.3 Å². The Morgan fingerprint density at radius 1 is 0.944 bits per heavy atom. The zero-order valence-corrected chi connectivity index (χ0v) is 20.5. The zero-order chi connectivity index (χ0) is 25.7. The molecule has 1 aliphatic heterocycles. The van der Waals surface area contributed by atoms with Crippen molar-refractivity contribution < 1.29 is 18.8 Å². The van der Waals surface area contributed by atoms with Crippen LogP contribution in [0.4, 0.5) is 5.69 Å². The number of hydrogen-bond donors (Lipinski definition) is 1. The average Bonchev–Trinajstić information content (AvgIpc) is 2.92. The van der Waals surface area contributed by atoms with Crippen LogP contribution in [0, 0.1) is 0 Å². The lowest BCUT2D eigenvalue weighted by atomic mass is 10.1. The normalized spacial score (nSPS) is 13.5. The molecule has 1 N–H and O–H groups in total. The summed E-state index contributed by atoms with van der Waals surface area (Å²) in [5.41, 5.74) is 1.52. The molecule has 3 aromatic rings. The highest BCUT2D eigenvalue weighted by Gasteiger charge is 2.25. The zero-order valence-electron chi connectivity index (χ0n) is 20.5. The van der Waals surface area contributed by atoms with E-state index in [9.17, 15) is 19.2 Å². The molecule has 3 amide bonds. The molecular formula is C27H30N4O5. The summed E-state index contributed by atoms with van der Waals surface area (Å²) in [4.78, 5) is 56.0. The van der Waals surface area contributed by atoms with E-state index >= 15 is 0 Å². The maximum absolute atomic E-state index is 13.0. The fraction of sp³-hybridized carbons (Fsp3) is 0.333. The first kappa shape index (κ1) is 25.0. The highest BCUT2D eigenvalue weighted by atomic mass is 16.3. The van der Waals surface area contributed by atoms with E-state index in [1.807, 2.05) is 38.1 Å². The van der Waals surface area contributed by atoms with Crippen molar-refractivity contribution in [2.75, 3.05) is 50.7 Å². The highest BCUT2D eigenvalue weighted by molar-refractivity contribution is 6.00. The van der Waals surface area contributed by atoms with Gasteiger partial charge in [0.25, 0.3) is 11.8 Å². The smallest absolute Gasteiger partial charge is 0.287 e. The average molecular weight is 491 g/mol. The van der Waals surface area contributed by atoms with Gasteiger partial charge in [0.2, 0.25) is 5.91 Å². The van der Waals surface area contributed by atoms with Gasteiger partial charge in [0, 0.05) is 51.0 Å². The lowest BCUT2D eigenvalue weighted by molar-refractivity contribution is -0.130. The fourth-order valence-corrected chi connectivity index (χ4v) is 4.38. The van der Waals surface area contributed by atoms with E-state index in [0.29, 0.717) is 55.8 Å². The molecule has 1 aliphatic rings. The molecule has 2 aromatic carbocycles. The van der Waals surface area contributed by atoms with E-state index < -0.39 is 5.91 Å². The number of anilines is 1. The van der Waals surface area contributed by atoms with Gasteiger partial charge in [-0.25, -0.2) is 0 Å². The van der Waals surface area contributed by atoms with Crippen molar-refractivity contribution >= 4 is 34.4 Å². The van der Waals surface area contributed by atoms with Gasteiger partial charge in [0.05, 0.1) is 17.5 Å². The predicted molar refractivity (Wildman–Crippen MR) is 137 cm³/mol. The Balaban J connectivity index is 1.35. The molecule has 2 heterocycles. The highest BCUT2D eigenvalue weighted by Crippen LogP contribution is 2.23. The van der Waals surface area contributed by atoms with Gasteiger partial charge < -0.3 is 24.4 Å². The number of rotatable bonds is 7. The van der Waals surface area contributed by atoms with Crippen molar-refractivity contribution in [2.45, 2.75) is 13.8 Å². The van der Waals surface area contributed by atoms with E-state index in [1.165, 1.54) is 0 Å². The summed E-state index contributed by atoms with van der Waals surface area (Å²) < 4.78 is 5.53. The molecule has 9 heteroatoms. The number of fused-ring (bicyclic) bond motifs is 1. The summed E-state index contributed by atoms with van der Waals surface area (Å²) in [6.45, 7) is 7.07. The quantitative estimate of drug-likeness (QED) is 0.546. The van der Waals surface area contributed by atoms with E-state index in [0.717, 1.165) is 11.8 Å². The van der Waals surface area contributed by atoms with Gasteiger partial charge in [-0.3, -0.25) is 19.2 Å². The molecule has 4 rings (SSSR count). The lowest BCUT2D eigenvalue weighted by Crippen LogP contribution is -2.51. The van der Waals surface area contributed by atoms with Gasteiger partial charge in [0.15, 0.2) is 11.2 Å². The molecule has 9 nitrogen and oxygen atoms in total. The minimum atomic E-state index is -0.617. The van der Waals surface area contributed by atoms with Crippen LogP contribution in [-0.2, 0) is 4.79 Å². The summed E-state index contributed by atoms with van der Waals surface area (Å²) >= 11 is 0. The second-order valence-corrected chi connectivity index (χ2v) is 8.52. The van der Waals surface area contributed by atoms with Gasteiger partial charge >= 0.3 is 0 Å². The molecule has 0 spiro atoms. The number of benzene rings is 2. The fourth-order valence-electron chi connectivity index (χ4n) is 4.38. The third-order valence-electron chi connectivity index (χ3n) is 6.42. The Bertz CT molecular complexity index is 1320. The van der Waals surface area contributed by atoms with Crippen LogP contribution in [0.3, 0.4) is 0 Å². The third-order valence-corrected chi connectivity index (χ3v) is 6.42. The summed E-state index contributed by atoms with van der Waals surface area (Å²) in [6.07, 6.45) is 0. The van der Waals surface area contributed by atoms with Crippen LogP contribution in [0.5, 0.6) is 0 Å². The third kappa shape index (κ3) is 5.25. The van der Waals surface area contributed by atoms with Gasteiger partial charge in [-0.1, -0.05) is 24.3 Å². The van der Waals surface area contributed by atoms with Crippen molar-refractivity contribution in [1.82, 2.24) is 15.1 Å². The summed E-state index contributed by atoms with van der Waals surface area (Å²) in [5.74, 6) is -0.977. The first-order valence-electron chi connectivity index (χ1n) is 12.1. The van der Waals surface area contributed by atoms with Crippen LogP contribution >= 0.6 is 0 Å². The number of nitrogens with one attached hydrogen (secondary N) is 1. The lowest BCUT2D eigenvalue weighted by Gasteiger charge is -2.37. The number of piperazine rings is 1. The summed E-state index contributed by atoms with van der Waals surface area (Å²) in [7, 11) is 0. The molecule has 0 aliphatic carbocycles. The maximum atomic E-state index is 13.0. The number of para-hydroxylation sites is 2. The number of carbonyl (C=O) groups excluding carboxylic acids is 3. The standard InChI is InChI=1S/C27H30N4O5/c1-3-29(4-2)27(35)19-9-5-7-11-21(19)30-13-15-31(16-14-30)25(33)18-28-26(34)24-17-22(32)20-10-6-8-12-23(20)36-24/h5-12,17H,3-4,13-16,18H2,1-2H3,(H,28,34). The van der Waals surface area contributed by atoms with Crippen LogP contribution in [0.2, 0.25) is 0 Å². The SMILES string of the molecule is CCN(CC)C(=O)c1ccccc1N1CCN(C(=O)CNC(=O)c2cc(=O)c3ccccc3o2)CC1. The van der Waals surface area contributed by atoms with E-state index in [1.54, 1.807) is 34.1 Å². The van der Waals surface area contributed by atoms with Crippen molar-refractivity contribution in [3.05, 3.63) is 76.1 Å². The Morgan fingerprint density at radius 2 is 1.61 bits per heavy atom. The minimum absolute atomic E-state index is 0.00263. The van der Waals surface area contributed by atoms with Crippen molar-refractivity contribution in [3.8, 4) is 0 Å². The van der Waals surface area contributed by atoms with E-state index in [-0.39, 0.29) is 29.5 Å². The second kappa shape index (κ2) is 11.1. The molecule has 0 radical (unpaired) electrons. The molecule has 1 fully saturated rings. The number of amides is 3. The van der Waals surface area contributed by atoms with Gasteiger partial charge in [-0.2, -0.15) is 0 Å². The summed E-state index contributed by atoms with van der Waals surface area (Å²) in [6, 6.07) is 15.4. The van der Waals surface area contributed by atoms with Gasteiger partial charge in [-0.05, 0) is 38.1 Å². The molecule has 188 valence electrons. The molecule has 0 atom stereocenters. The Kier molecular flexibility index (Phi) is 7.68.